The molecule has 21 heavy (non-hydrogen) atoms. The Morgan fingerprint density at radius 3 is 2.00 bits per heavy atom. The first-order valence-corrected chi connectivity index (χ1v) is 9.26. The molecule has 1 heteroatoms. The summed E-state index contributed by atoms with van der Waals surface area (Å²) in [5, 5.41) is 10.3. The Balaban J connectivity index is 3.07. The van der Waals surface area contributed by atoms with Crippen LogP contribution in [0.3, 0.4) is 0 Å². The lowest BCUT2D eigenvalue weighted by atomic mass is 9.61. The smallest absolute Gasteiger partial charge is 0.114 e. The second kappa shape index (κ2) is 9.33. The number of hydrogen-bond acceptors (Lipinski definition) is 1. The van der Waals surface area contributed by atoms with Gasteiger partial charge in [-0.3, -0.25) is 0 Å². The van der Waals surface area contributed by atoms with E-state index in [4.69, 9.17) is 0 Å². The van der Waals surface area contributed by atoms with Crippen molar-refractivity contribution in [3.05, 3.63) is 23.5 Å². The summed E-state index contributed by atoms with van der Waals surface area (Å²) in [7, 11) is 0. The second-order valence-corrected chi connectivity index (χ2v) is 6.73. The molecule has 0 saturated carbocycles. The molecule has 0 fully saturated rings. The van der Waals surface area contributed by atoms with Crippen LogP contribution in [-0.2, 0) is 0 Å². The highest BCUT2D eigenvalue weighted by Crippen LogP contribution is 2.50. The zero-order valence-corrected chi connectivity index (χ0v) is 14.8. The van der Waals surface area contributed by atoms with Crippen molar-refractivity contribution >= 4 is 0 Å². The van der Waals surface area contributed by atoms with Gasteiger partial charge in [-0.2, -0.15) is 0 Å². The Bertz CT molecular complexity index is 343. The highest BCUT2D eigenvalue weighted by Gasteiger charge is 2.39. The van der Waals surface area contributed by atoms with Crippen molar-refractivity contribution in [3.63, 3.8) is 0 Å². The monoisotopic (exact) mass is 292 g/mol. The summed E-state index contributed by atoms with van der Waals surface area (Å²) >= 11 is 0. The van der Waals surface area contributed by atoms with E-state index in [0.717, 1.165) is 6.42 Å². The quantitative estimate of drug-likeness (QED) is 0.462. The summed E-state index contributed by atoms with van der Waals surface area (Å²) in [4.78, 5) is 0. The van der Waals surface area contributed by atoms with E-state index in [1.807, 2.05) is 6.08 Å². The van der Waals surface area contributed by atoms with Crippen LogP contribution in [0.25, 0.3) is 0 Å². The molecule has 1 atom stereocenters. The van der Waals surface area contributed by atoms with E-state index in [2.05, 4.69) is 33.8 Å². The summed E-state index contributed by atoms with van der Waals surface area (Å²) in [6, 6.07) is 0. The number of rotatable bonds is 10. The van der Waals surface area contributed by atoms with Crippen molar-refractivity contribution in [1.29, 1.82) is 0 Å². The van der Waals surface area contributed by atoms with E-state index >= 15 is 0 Å². The molecular formula is C20H36O. The van der Waals surface area contributed by atoms with Crippen LogP contribution in [-0.4, -0.2) is 5.11 Å². The minimum atomic E-state index is 0.304. The normalized spacial score (nSPS) is 21.0. The lowest BCUT2D eigenvalue weighted by Gasteiger charge is -2.43. The topological polar surface area (TPSA) is 20.2 Å². The average molecular weight is 293 g/mol. The van der Waals surface area contributed by atoms with E-state index in [9.17, 15) is 5.11 Å². The maximum atomic E-state index is 10.3. The highest BCUT2D eigenvalue weighted by molar-refractivity contribution is 5.31. The van der Waals surface area contributed by atoms with Crippen LogP contribution >= 0.6 is 0 Å². The molecule has 1 rings (SSSR count). The van der Waals surface area contributed by atoms with Crippen molar-refractivity contribution in [2.45, 2.75) is 91.9 Å². The fourth-order valence-electron chi connectivity index (χ4n) is 3.94. The zero-order valence-electron chi connectivity index (χ0n) is 14.8. The molecule has 1 aliphatic carbocycles. The van der Waals surface area contributed by atoms with Gasteiger partial charge < -0.3 is 5.11 Å². The Hall–Kier alpha value is -0.720. The fourth-order valence-corrected chi connectivity index (χ4v) is 3.94. The third kappa shape index (κ3) is 4.63. The predicted molar refractivity (Wildman–Crippen MR) is 93.6 cm³/mol. The largest absolute Gasteiger partial charge is 0.508 e. The molecule has 1 nitrogen and oxygen atoms in total. The van der Waals surface area contributed by atoms with Crippen molar-refractivity contribution in [2.75, 3.05) is 0 Å². The van der Waals surface area contributed by atoms with Crippen LogP contribution in [0.1, 0.15) is 91.9 Å². The maximum absolute atomic E-state index is 10.3. The molecule has 122 valence electrons. The minimum absolute atomic E-state index is 0.304. The van der Waals surface area contributed by atoms with Crippen LogP contribution in [0.2, 0.25) is 0 Å². The van der Waals surface area contributed by atoms with E-state index in [0.29, 0.717) is 17.1 Å². The first-order valence-electron chi connectivity index (χ1n) is 9.26. The average Bonchev–Trinajstić information content (AvgIpc) is 2.51. The summed E-state index contributed by atoms with van der Waals surface area (Å²) in [6.07, 6.45) is 16.8. The Morgan fingerprint density at radius 2 is 1.52 bits per heavy atom. The first kappa shape index (κ1) is 18.3. The van der Waals surface area contributed by atoms with Gasteiger partial charge in [0.1, 0.15) is 5.76 Å². The molecule has 0 amide bonds. The first-order chi connectivity index (χ1) is 10.1. The summed E-state index contributed by atoms with van der Waals surface area (Å²) in [5.41, 5.74) is 1.62. The van der Waals surface area contributed by atoms with E-state index in [1.165, 1.54) is 63.4 Å². The van der Waals surface area contributed by atoms with Gasteiger partial charge in [0.05, 0.1) is 0 Å². The standard InChI is InChI=1S/C20H36O/c1-5-9-12-18-17(8-4)19(21)13-16-20(18,14-10-6-2)15-11-7-3/h13,16,18,21H,5-12,14-15H2,1-4H3. The van der Waals surface area contributed by atoms with Crippen LogP contribution in [0, 0.1) is 11.3 Å². The van der Waals surface area contributed by atoms with Gasteiger partial charge in [-0.25, -0.2) is 0 Å². The molecule has 0 saturated heterocycles. The zero-order chi connectivity index (χ0) is 15.7. The molecule has 0 aromatic heterocycles. The van der Waals surface area contributed by atoms with Gasteiger partial charge in [-0.15, -0.1) is 0 Å². The molecule has 1 N–H and O–H groups in total. The van der Waals surface area contributed by atoms with Gasteiger partial charge in [0.2, 0.25) is 0 Å². The Labute approximate surface area is 132 Å². The maximum Gasteiger partial charge on any atom is 0.114 e. The van der Waals surface area contributed by atoms with Crippen molar-refractivity contribution < 1.29 is 5.11 Å². The Morgan fingerprint density at radius 1 is 0.952 bits per heavy atom. The Kier molecular flexibility index (Phi) is 8.14. The molecular weight excluding hydrogens is 256 g/mol. The summed E-state index contributed by atoms with van der Waals surface area (Å²) in [5.74, 6) is 1.12. The molecule has 0 aromatic carbocycles. The molecule has 0 bridgehead atoms. The predicted octanol–water partition coefficient (Wildman–Crippen LogP) is 6.95. The number of allylic oxidation sites excluding steroid dienone is 3. The third-order valence-corrected chi connectivity index (χ3v) is 5.24. The molecule has 1 aliphatic rings. The highest BCUT2D eigenvalue weighted by atomic mass is 16.3. The third-order valence-electron chi connectivity index (χ3n) is 5.24. The van der Waals surface area contributed by atoms with E-state index < -0.39 is 0 Å². The van der Waals surface area contributed by atoms with Crippen LogP contribution < -0.4 is 0 Å². The fraction of sp³-hybridized carbons (Fsp3) is 0.800. The van der Waals surface area contributed by atoms with Crippen LogP contribution in [0.15, 0.2) is 23.5 Å². The molecule has 0 radical (unpaired) electrons. The number of aliphatic hydroxyl groups excluding tert-OH is 1. The van der Waals surface area contributed by atoms with Gasteiger partial charge in [0.15, 0.2) is 0 Å². The van der Waals surface area contributed by atoms with Gasteiger partial charge in [0, 0.05) is 0 Å². The SMILES string of the molecule is CCCCC1C(CC)=C(O)C=CC1(CCCC)CCCC. The lowest BCUT2D eigenvalue weighted by molar-refractivity contribution is 0.182. The van der Waals surface area contributed by atoms with Gasteiger partial charge >= 0.3 is 0 Å². The van der Waals surface area contributed by atoms with Crippen molar-refractivity contribution in [2.24, 2.45) is 11.3 Å². The van der Waals surface area contributed by atoms with Gasteiger partial charge in [-0.05, 0) is 48.7 Å². The molecule has 0 spiro atoms. The second-order valence-electron chi connectivity index (χ2n) is 6.73. The summed E-state index contributed by atoms with van der Waals surface area (Å²) < 4.78 is 0. The molecule has 0 aliphatic heterocycles. The van der Waals surface area contributed by atoms with Gasteiger partial charge in [0.25, 0.3) is 0 Å². The molecule has 1 unspecified atom stereocenters. The molecule has 0 aromatic rings. The number of unbranched alkanes of at least 4 members (excludes halogenated alkanes) is 3. The lowest BCUT2D eigenvalue weighted by Crippen LogP contribution is -2.33. The van der Waals surface area contributed by atoms with Crippen LogP contribution in [0.4, 0.5) is 0 Å². The minimum Gasteiger partial charge on any atom is -0.508 e. The number of aliphatic hydroxyl groups is 1. The molecule has 0 heterocycles. The number of hydrogen-bond donors (Lipinski definition) is 1. The van der Waals surface area contributed by atoms with E-state index in [-0.39, 0.29) is 0 Å². The van der Waals surface area contributed by atoms with Crippen molar-refractivity contribution in [3.8, 4) is 0 Å². The van der Waals surface area contributed by atoms with Crippen LogP contribution in [0.5, 0.6) is 0 Å². The van der Waals surface area contributed by atoms with Crippen molar-refractivity contribution in [1.82, 2.24) is 0 Å². The van der Waals surface area contributed by atoms with Gasteiger partial charge in [-0.1, -0.05) is 72.3 Å². The summed E-state index contributed by atoms with van der Waals surface area (Å²) in [6.45, 7) is 9.05. The van der Waals surface area contributed by atoms with E-state index in [1.54, 1.807) is 0 Å².